The lowest BCUT2D eigenvalue weighted by molar-refractivity contribution is -0.129. The Morgan fingerprint density at radius 3 is 3.06 bits per heavy atom. The SMILES string of the molecule is Nc1cc(=O)[nH]c(SCCCC(=O)NO)n1. The fourth-order valence-corrected chi connectivity index (χ4v) is 1.80. The van der Waals surface area contributed by atoms with Crippen LogP contribution in [-0.4, -0.2) is 26.8 Å². The van der Waals surface area contributed by atoms with Crippen LogP contribution in [0.25, 0.3) is 0 Å². The molecule has 0 saturated heterocycles. The summed E-state index contributed by atoms with van der Waals surface area (Å²) in [5.74, 6) is 0.328. The molecule has 1 amide bonds. The lowest BCUT2D eigenvalue weighted by Crippen LogP contribution is -2.18. The van der Waals surface area contributed by atoms with Gasteiger partial charge < -0.3 is 10.7 Å². The molecule has 0 radical (unpaired) electrons. The van der Waals surface area contributed by atoms with E-state index < -0.39 is 5.91 Å². The Morgan fingerprint density at radius 2 is 2.44 bits per heavy atom. The molecule has 0 aliphatic heterocycles. The fourth-order valence-electron chi connectivity index (χ4n) is 0.979. The standard InChI is InChI=1S/C8H12N4O3S/c9-5-4-7(14)11-8(10-5)16-3-1-2-6(13)12-15/h4,15H,1-3H2,(H,12,13)(H3,9,10,11,14). The zero-order chi connectivity index (χ0) is 12.0. The van der Waals surface area contributed by atoms with Crippen molar-refractivity contribution in [2.45, 2.75) is 18.0 Å². The number of rotatable bonds is 5. The highest BCUT2D eigenvalue weighted by Crippen LogP contribution is 2.13. The van der Waals surface area contributed by atoms with E-state index in [-0.39, 0.29) is 17.8 Å². The van der Waals surface area contributed by atoms with E-state index in [1.54, 1.807) is 5.48 Å². The molecule has 1 aromatic rings. The summed E-state index contributed by atoms with van der Waals surface area (Å²) in [6, 6.07) is 1.20. The number of thioether (sulfide) groups is 1. The van der Waals surface area contributed by atoms with E-state index in [2.05, 4.69) is 9.97 Å². The second-order valence-corrected chi connectivity index (χ2v) is 4.05. The third-order valence-corrected chi connectivity index (χ3v) is 2.61. The minimum Gasteiger partial charge on any atom is -0.383 e. The molecule has 0 atom stereocenters. The number of hydroxylamine groups is 1. The Labute approximate surface area is 95.4 Å². The summed E-state index contributed by atoms with van der Waals surface area (Å²) in [7, 11) is 0. The molecule has 5 N–H and O–H groups in total. The number of carbonyl (C=O) groups is 1. The molecule has 1 heterocycles. The monoisotopic (exact) mass is 244 g/mol. The van der Waals surface area contributed by atoms with Gasteiger partial charge in [-0.25, -0.2) is 10.5 Å². The van der Waals surface area contributed by atoms with Crippen LogP contribution in [0.15, 0.2) is 16.0 Å². The molecule has 0 bridgehead atoms. The average Bonchev–Trinajstić information content (AvgIpc) is 2.22. The van der Waals surface area contributed by atoms with Crippen molar-refractivity contribution in [1.29, 1.82) is 0 Å². The normalized spacial score (nSPS) is 10.1. The third-order valence-electron chi connectivity index (χ3n) is 1.65. The second kappa shape index (κ2) is 6.13. The highest BCUT2D eigenvalue weighted by molar-refractivity contribution is 7.99. The van der Waals surface area contributed by atoms with Crippen molar-refractivity contribution < 1.29 is 10.0 Å². The van der Waals surface area contributed by atoms with Crippen molar-refractivity contribution >= 4 is 23.5 Å². The molecular weight excluding hydrogens is 232 g/mol. The van der Waals surface area contributed by atoms with Gasteiger partial charge in [-0.2, -0.15) is 0 Å². The third kappa shape index (κ3) is 4.32. The van der Waals surface area contributed by atoms with Crippen LogP contribution in [0.1, 0.15) is 12.8 Å². The number of nitrogens with one attached hydrogen (secondary N) is 2. The first-order valence-corrected chi connectivity index (χ1v) is 5.53. The molecule has 1 rings (SSSR count). The second-order valence-electron chi connectivity index (χ2n) is 2.96. The Balaban J connectivity index is 2.37. The minimum atomic E-state index is -0.436. The Hall–Kier alpha value is -1.54. The van der Waals surface area contributed by atoms with Gasteiger partial charge in [0, 0.05) is 18.2 Å². The molecule has 0 unspecified atom stereocenters. The Bertz CT molecular complexity index is 420. The summed E-state index contributed by atoms with van der Waals surface area (Å²) in [6.45, 7) is 0. The summed E-state index contributed by atoms with van der Waals surface area (Å²) in [6.07, 6.45) is 0.783. The van der Waals surface area contributed by atoms with E-state index in [1.807, 2.05) is 0 Å². The van der Waals surface area contributed by atoms with Crippen molar-refractivity contribution in [3.8, 4) is 0 Å². The molecule has 0 fully saturated rings. The minimum absolute atomic E-state index is 0.166. The predicted molar refractivity (Wildman–Crippen MR) is 59.2 cm³/mol. The number of amides is 1. The Morgan fingerprint density at radius 1 is 1.69 bits per heavy atom. The van der Waals surface area contributed by atoms with E-state index in [4.69, 9.17) is 10.9 Å². The summed E-state index contributed by atoms with van der Waals surface area (Å²) < 4.78 is 0. The smallest absolute Gasteiger partial charge is 0.253 e. The number of H-pyrrole nitrogens is 1. The number of hydrogen-bond acceptors (Lipinski definition) is 6. The Kier molecular flexibility index (Phi) is 4.80. The molecule has 16 heavy (non-hydrogen) atoms. The van der Waals surface area contributed by atoms with Gasteiger partial charge in [0.2, 0.25) is 5.91 Å². The number of aromatic nitrogens is 2. The quantitative estimate of drug-likeness (QED) is 0.186. The molecular formula is C8H12N4O3S. The van der Waals surface area contributed by atoms with Crippen molar-refractivity contribution in [2.75, 3.05) is 11.5 Å². The van der Waals surface area contributed by atoms with Gasteiger partial charge in [0.1, 0.15) is 5.82 Å². The van der Waals surface area contributed by atoms with Crippen LogP contribution >= 0.6 is 11.8 Å². The summed E-state index contributed by atoms with van der Waals surface area (Å²) in [4.78, 5) is 28.1. The van der Waals surface area contributed by atoms with Crippen molar-refractivity contribution in [3.05, 3.63) is 16.4 Å². The summed E-state index contributed by atoms with van der Waals surface area (Å²) in [5.41, 5.74) is 6.63. The molecule has 7 nitrogen and oxygen atoms in total. The van der Waals surface area contributed by atoms with E-state index in [0.29, 0.717) is 17.3 Å². The molecule has 88 valence electrons. The first kappa shape index (κ1) is 12.5. The van der Waals surface area contributed by atoms with Crippen molar-refractivity contribution in [3.63, 3.8) is 0 Å². The lowest BCUT2D eigenvalue weighted by Gasteiger charge is -2.01. The molecule has 0 saturated carbocycles. The molecule has 0 aliphatic rings. The van der Waals surface area contributed by atoms with Gasteiger partial charge in [0.25, 0.3) is 5.56 Å². The van der Waals surface area contributed by atoms with Crippen molar-refractivity contribution in [1.82, 2.24) is 15.4 Å². The highest BCUT2D eigenvalue weighted by atomic mass is 32.2. The van der Waals surface area contributed by atoms with Crippen LogP contribution in [0.4, 0.5) is 5.82 Å². The number of anilines is 1. The average molecular weight is 244 g/mol. The number of carbonyl (C=O) groups excluding carboxylic acids is 1. The highest BCUT2D eigenvalue weighted by Gasteiger charge is 2.02. The lowest BCUT2D eigenvalue weighted by atomic mass is 10.3. The van der Waals surface area contributed by atoms with E-state index >= 15 is 0 Å². The summed E-state index contributed by atoms with van der Waals surface area (Å²) >= 11 is 1.29. The number of hydrogen-bond donors (Lipinski definition) is 4. The number of nitrogens with zero attached hydrogens (tertiary/aromatic N) is 1. The van der Waals surface area contributed by atoms with Gasteiger partial charge in [-0.05, 0) is 6.42 Å². The molecule has 0 aliphatic carbocycles. The first-order valence-electron chi connectivity index (χ1n) is 4.54. The molecule has 0 aromatic carbocycles. The topological polar surface area (TPSA) is 121 Å². The van der Waals surface area contributed by atoms with Gasteiger partial charge in [-0.1, -0.05) is 11.8 Å². The zero-order valence-electron chi connectivity index (χ0n) is 8.40. The number of nitrogens with two attached hydrogens (primary N) is 1. The van der Waals surface area contributed by atoms with Crippen LogP contribution in [0.3, 0.4) is 0 Å². The maximum Gasteiger partial charge on any atom is 0.253 e. The number of nitrogen functional groups attached to an aromatic ring is 1. The fraction of sp³-hybridized carbons (Fsp3) is 0.375. The van der Waals surface area contributed by atoms with Crippen molar-refractivity contribution in [2.24, 2.45) is 0 Å². The van der Waals surface area contributed by atoms with Crippen LogP contribution < -0.4 is 16.8 Å². The maximum atomic E-state index is 11.0. The molecule has 1 aromatic heterocycles. The zero-order valence-corrected chi connectivity index (χ0v) is 9.21. The first-order chi connectivity index (χ1) is 7.61. The van der Waals surface area contributed by atoms with E-state index in [9.17, 15) is 9.59 Å². The van der Waals surface area contributed by atoms with Crippen LogP contribution in [0, 0.1) is 0 Å². The van der Waals surface area contributed by atoms with Gasteiger partial charge in [-0.3, -0.25) is 14.8 Å². The maximum absolute atomic E-state index is 11.0. The predicted octanol–water partition coefficient (Wildman–Crippen LogP) is -0.270. The van der Waals surface area contributed by atoms with Crippen LogP contribution in [0.5, 0.6) is 0 Å². The van der Waals surface area contributed by atoms with Gasteiger partial charge in [0.05, 0.1) is 0 Å². The molecule has 0 spiro atoms. The van der Waals surface area contributed by atoms with Gasteiger partial charge >= 0.3 is 0 Å². The van der Waals surface area contributed by atoms with Gasteiger partial charge in [-0.15, -0.1) is 0 Å². The van der Waals surface area contributed by atoms with Gasteiger partial charge in [0.15, 0.2) is 5.16 Å². The molecule has 8 heteroatoms. The van der Waals surface area contributed by atoms with Crippen LogP contribution in [0.2, 0.25) is 0 Å². The van der Waals surface area contributed by atoms with E-state index in [0.717, 1.165) is 0 Å². The van der Waals surface area contributed by atoms with Crippen LogP contribution in [-0.2, 0) is 4.79 Å². The largest absolute Gasteiger partial charge is 0.383 e. The van der Waals surface area contributed by atoms with E-state index in [1.165, 1.54) is 17.8 Å². The summed E-state index contributed by atoms with van der Waals surface area (Å²) in [5, 5.41) is 8.67. The number of aromatic amines is 1.